The molecular formula is C22H19ClN2O4S. The summed E-state index contributed by atoms with van der Waals surface area (Å²) >= 11 is 6.05. The first kappa shape index (κ1) is 21.7. The maximum Gasteiger partial charge on any atom is 0.238 e. The van der Waals surface area contributed by atoms with Crippen molar-refractivity contribution in [3.63, 3.8) is 0 Å². The average molecular weight is 443 g/mol. The molecule has 0 aromatic heterocycles. The molecule has 8 heteroatoms. The topological polar surface area (TPSA) is 106 Å². The van der Waals surface area contributed by atoms with Crippen molar-refractivity contribution in [1.82, 2.24) is 0 Å². The van der Waals surface area contributed by atoms with E-state index in [4.69, 9.17) is 16.7 Å². The molecule has 154 valence electrons. The largest absolute Gasteiger partial charge is 0.325 e. The summed E-state index contributed by atoms with van der Waals surface area (Å²) in [6.45, 7) is 0. The van der Waals surface area contributed by atoms with E-state index in [1.807, 2.05) is 6.07 Å². The molecule has 0 saturated heterocycles. The average Bonchev–Trinajstić information content (AvgIpc) is 2.73. The maximum absolute atomic E-state index is 12.8. The third-order valence-electron chi connectivity index (χ3n) is 4.43. The minimum absolute atomic E-state index is 0.0148. The van der Waals surface area contributed by atoms with Gasteiger partial charge < -0.3 is 5.32 Å². The molecule has 0 aliphatic rings. The van der Waals surface area contributed by atoms with Gasteiger partial charge in [-0.2, -0.15) is 0 Å². The monoisotopic (exact) mass is 442 g/mol. The van der Waals surface area contributed by atoms with Gasteiger partial charge in [0.15, 0.2) is 5.78 Å². The Morgan fingerprint density at radius 2 is 1.60 bits per heavy atom. The van der Waals surface area contributed by atoms with E-state index in [0.717, 1.165) is 5.56 Å². The van der Waals surface area contributed by atoms with Gasteiger partial charge in [-0.3, -0.25) is 9.59 Å². The minimum Gasteiger partial charge on any atom is -0.325 e. The van der Waals surface area contributed by atoms with Crippen molar-refractivity contribution in [2.75, 3.05) is 5.32 Å². The SMILES string of the molecule is NS(=O)(=O)c1ccc(CCC(=O)Nc2ccc(Cl)cc2C(=O)c2ccccc2)cc1. The molecule has 0 aliphatic carbocycles. The summed E-state index contributed by atoms with van der Waals surface area (Å²) in [5.74, 6) is -0.526. The van der Waals surface area contributed by atoms with Crippen LogP contribution in [-0.2, 0) is 21.2 Å². The molecule has 0 spiro atoms. The number of aryl methyl sites for hydroxylation is 1. The molecule has 0 radical (unpaired) electrons. The lowest BCUT2D eigenvalue weighted by Crippen LogP contribution is -2.16. The highest BCUT2D eigenvalue weighted by Gasteiger charge is 2.16. The number of ketones is 1. The predicted molar refractivity (Wildman–Crippen MR) is 116 cm³/mol. The van der Waals surface area contributed by atoms with Crippen LogP contribution in [0.2, 0.25) is 5.02 Å². The van der Waals surface area contributed by atoms with E-state index in [9.17, 15) is 18.0 Å². The van der Waals surface area contributed by atoms with E-state index in [-0.39, 0.29) is 23.0 Å². The third-order valence-corrected chi connectivity index (χ3v) is 5.59. The zero-order valence-corrected chi connectivity index (χ0v) is 17.4. The predicted octanol–water partition coefficient (Wildman–Crippen LogP) is 3.79. The van der Waals surface area contributed by atoms with Crippen LogP contribution in [0.5, 0.6) is 0 Å². The number of hydrogen-bond donors (Lipinski definition) is 2. The van der Waals surface area contributed by atoms with Crippen molar-refractivity contribution < 1.29 is 18.0 Å². The summed E-state index contributed by atoms with van der Waals surface area (Å²) in [6, 6.07) is 19.5. The molecule has 0 bridgehead atoms. The molecule has 0 unspecified atom stereocenters. The first-order chi connectivity index (χ1) is 14.2. The quantitative estimate of drug-likeness (QED) is 0.543. The molecule has 3 N–H and O–H groups in total. The molecule has 3 rings (SSSR count). The summed E-state index contributed by atoms with van der Waals surface area (Å²) in [5.41, 5.74) is 1.96. The van der Waals surface area contributed by atoms with Gasteiger partial charge in [0, 0.05) is 22.6 Å². The van der Waals surface area contributed by atoms with Crippen LogP contribution < -0.4 is 10.5 Å². The number of halogens is 1. The van der Waals surface area contributed by atoms with Crippen molar-refractivity contribution in [2.45, 2.75) is 17.7 Å². The van der Waals surface area contributed by atoms with Crippen LogP contribution >= 0.6 is 11.6 Å². The highest BCUT2D eigenvalue weighted by atomic mass is 35.5. The number of carbonyl (C=O) groups excluding carboxylic acids is 2. The van der Waals surface area contributed by atoms with E-state index in [2.05, 4.69) is 5.32 Å². The highest BCUT2D eigenvalue weighted by molar-refractivity contribution is 7.89. The number of rotatable bonds is 7. The zero-order chi connectivity index (χ0) is 21.7. The lowest BCUT2D eigenvalue weighted by atomic mass is 10.0. The molecule has 0 saturated carbocycles. The van der Waals surface area contributed by atoms with Gasteiger partial charge in [-0.1, -0.05) is 54.1 Å². The first-order valence-electron chi connectivity index (χ1n) is 9.05. The van der Waals surface area contributed by atoms with Crippen LogP contribution in [0.25, 0.3) is 0 Å². The van der Waals surface area contributed by atoms with E-state index < -0.39 is 10.0 Å². The number of carbonyl (C=O) groups is 2. The Balaban J connectivity index is 1.70. The van der Waals surface area contributed by atoms with E-state index >= 15 is 0 Å². The normalized spacial score (nSPS) is 11.1. The molecule has 6 nitrogen and oxygen atoms in total. The lowest BCUT2D eigenvalue weighted by molar-refractivity contribution is -0.116. The van der Waals surface area contributed by atoms with Gasteiger partial charge in [-0.05, 0) is 42.3 Å². The number of amides is 1. The number of sulfonamides is 1. The molecule has 0 heterocycles. The van der Waals surface area contributed by atoms with Crippen LogP contribution in [-0.4, -0.2) is 20.1 Å². The van der Waals surface area contributed by atoms with Crippen LogP contribution in [0.4, 0.5) is 5.69 Å². The number of nitrogens with one attached hydrogen (secondary N) is 1. The summed E-state index contributed by atoms with van der Waals surface area (Å²) < 4.78 is 22.6. The fraction of sp³-hybridized carbons (Fsp3) is 0.0909. The van der Waals surface area contributed by atoms with E-state index in [1.165, 1.54) is 18.2 Å². The molecule has 3 aromatic rings. The standard InChI is InChI=1S/C22H19ClN2O4S/c23-17-9-12-20(19(14-17)22(27)16-4-2-1-3-5-16)25-21(26)13-8-15-6-10-18(11-7-15)30(24,28)29/h1-7,9-12,14H,8,13H2,(H,25,26)(H2,24,28,29). The fourth-order valence-electron chi connectivity index (χ4n) is 2.87. The van der Waals surface area contributed by atoms with Gasteiger partial charge in [-0.15, -0.1) is 0 Å². The molecule has 30 heavy (non-hydrogen) atoms. The molecule has 0 aliphatic heterocycles. The number of anilines is 1. The molecular weight excluding hydrogens is 424 g/mol. The highest BCUT2D eigenvalue weighted by Crippen LogP contribution is 2.24. The summed E-state index contributed by atoms with van der Waals surface area (Å²) in [6.07, 6.45) is 0.544. The maximum atomic E-state index is 12.8. The van der Waals surface area contributed by atoms with Crippen LogP contribution in [0.15, 0.2) is 77.7 Å². The third kappa shape index (κ3) is 5.54. The first-order valence-corrected chi connectivity index (χ1v) is 11.0. The molecule has 0 fully saturated rings. The van der Waals surface area contributed by atoms with Gasteiger partial charge in [0.25, 0.3) is 0 Å². The Kier molecular flexibility index (Phi) is 6.66. The summed E-state index contributed by atoms with van der Waals surface area (Å²) in [5, 5.41) is 8.23. The molecule has 1 amide bonds. The lowest BCUT2D eigenvalue weighted by Gasteiger charge is -2.11. The number of primary sulfonamides is 1. The second kappa shape index (κ2) is 9.21. The van der Waals surface area contributed by atoms with Crippen molar-refractivity contribution in [3.8, 4) is 0 Å². The number of hydrogen-bond acceptors (Lipinski definition) is 4. The zero-order valence-electron chi connectivity index (χ0n) is 15.8. The van der Waals surface area contributed by atoms with Crippen LogP contribution in [0, 0.1) is 0 Å². The molecule has 0 atom stereocenters. The van der Waals surface area contributed by atoms with Gasteiger partial charge >= 0.3 is 0 Å². The smallest absolute Gasteiger partial charge is 0.238 e. The fourth-order valence-corrected chi connectivity index (χ4v) is 3.56. The Bertz CT molecular complexity index is 1180. The van der Waals surface area contributed by atoms with Gasteiger partial charge in [0.2, 0.25) is 15.9 Å². The number of benzene rings is 3. The second-order valence-electron chi connectivity index (χ2n) is 6.62. The van der Waals surface area contributed by atoms with Gasteiger partial charge in [0.05, 0.1) is 10.6 Å². The Morgan fingerprint density at radius 1 is 0.933 bits per heavy atom. The van der Waals surface area contributed by atoms with Crippen molar-refractivity contribution in [1.29, 1.82) is 0 Å². The number of nitrogens with two attached hydrogens (primary N) is 1. The minimum atomic E-state index is -3.75. The van der Waals surface area contributed by atoms with Gasteiger partial charge in [0.1, 0.15) is 0 Å². The van der Waals surface area contributed by atoms with Crippen molar-refractivity contribution >= 4 is 39.0 Å². The summed E-state index contributed by atoms with van der Waals surface area (Å²) in [4.78, 5) is 25.3. The Labute approximate surface area is 179 Å². The molecule has 3 aromatic carbocycles. The van der Waals surface area contributed by atoms with Crippen molar-refractivity contribution in [3.05, 3.63) is 94.5 Å². The van der Waals surface area contributed by atoms with Crippen molar-refractivity contribution in [2.24, 2.45) is 5.14 Å². The van der Waals surface area contributed by atoms with E-state index in [1.54, 1.807) is 48.5 Å². The van der Waals surface area contributed by atoms with E-state index in [0.29, 0.717) is 28.3 Å². The van der Waals surface area contributed by atoms with Crippen LogP contribution in [0.3, 0.4) is 0 Å². The second-order valence-corrected chi connectivity index (χ2v) is 8.62. The van der Waals surface area contributed by atoms with Gasteiger partial charge in [-0.25, -0.2) is 13.6 Å². The van der Waals surface area contributed by atoms with Crippen LogP contribution in [0.1, 0.15) is 27.9 Å². The Morgan fingerprint density at radius 3 is 2.23 bits per heavy atom. The summed E-state index contributed by atoms with van der Waals surface area (Å²) in [7, 11) is -3.75. The Hall–Kier alpha value is -3.00.